The number of nitriles is 1. The van der Waals surface area contributed by atoms with E-state index in [4.69, 9.17) is 10.00 Å². The predicted octanol–water partition coefficient (Wildman–Crippen LogP) is 3.84. The van der Waals surface area contributed by atoms with Gasteiger partial charge in [0, 0.05) is 26.2 Å². The van der Waals surface area contributed by atoms with Gasteiger partial charge < -0.3 is 15.0 Å². The molecule has 0 aliphatic carbocycles. The van der Waals surface area contributed by atoms with Crippen LogP contribution < -0.4 is 15.0 Å². The van der Waals surface area contributed by atoms with Gasteiger partial charge in [0.1, 0.15) is 5.75 Å². The summed E-state index contributed by atoms with van der Waals surface area (Å²) in [5.41, 5.74) is 1.56. The number of carbonyl (C=O) groups is 1. The second-order valence-corrected chi connectivity index (χ2v) is 9.27. The number of sulfonamides is 1. The molecule has 178 valence electrons. The van der Waals surface area contributed by atoms with E-state index in [1.807, 2.05) is 24.8 Å². The minimum absolute atomic E-state index is 0.118. The molecule has 33 heavy (non-hydrogen) atoms. The molecule has 0 saturated heterocycles. The van der Waals surface area contributed by atoms with Gasteiger partial charge in [-0.1, -0.05) is 19.9 Å². The summed E-state index contributed by atoms with van der Waals surface area (Å²) in [5, 5.41) is 11.9. The van der Waals surface area contributed by atoms with Crippen LogP contribution in [0.1, 0.15) is 40.2 Å². The number of amides is 1. The van der Waals surface area contributed by atoms with Gasteiger partial charge in [-0.05, 0) is 57.2 Å². The summed E-state index contributed by atoms with van der Waals surface area (Å²) in [5.74, 6) is -0.0262. The maximum absolute atomic E-state index is 13.0. The quantitative estimate of drug-likeness (QED) is 0.533. The molecule has 0 bridgehead atoms. The molecule has 9 heteroatoms. The SMILES string of the molecule is CCN(CC)c1ccc(S(=O)(=O)N(CC)CC)cc1NC(=O)C(C)Oc1cccc(C#N)c1. The Morgan fingerprint density at radius 2 is 1.73 bits per heavy atom. The molecule has 0 fully saturated rings. The van der Waals surface area contributed by atoms with Crippen LogP contribution in [-0.2, 0) is 14.8 Å². The Balaban J connectivity index is 2.38. The molecule has 2 rings (SSSR count). The number of hydrogen-bond acceptors (Lipinski definition) is 6. The van der Waals surface area contributed by atoms with Crippen molar-refractivity contribution in [3.8, 4) is 11.8 Å². The smallest absolute Gasteiger partial charge is 0.265 e. The fraction of sp³-hybridized carbons (Fsp3) is 0.417. The number of carbonyl (C=O) groups excluding carboxylic acids is 1. The third-order valence-electron chi connectivity index (χ3n) is 5.32. The third-order valence-corrected chi connectivity index (χ3v) is 7.36. The molecule has 1 atom stereocenters. The van der Waals surface area contributed by atoms with Crippen LogP contribution in [0.4, 0.5) is 11.4 Å². The normalized spacial score (nSPS) is 12.2. The maximum Gasteiger partial charge on any atom is 0.265 e. The fourth-order valence-electron chi connectivity index (χ4n) is 3.46. The molecule has 1 amide bonds. The van der Waals surface area contributed by atoms with Gasteiger partial charge in [-0.2, -0.15) is 9.57 Å². The number of nitrogens with zero attached hydrogens (tertiary/aromatic N) is 3. The lowest BCUT2D eigenvalue weighted by Gasteiger charge is -2.26. The summed E-state index contributed by atoms with van der Waals surface area (Å²) >= 11 is 0. The highest BCUT2D eigenvalue weighted by molar-refractivity contribution is 7.89. The molecule has 0 heterocycles. The lowest BCUT2D eigenvalue weighted by Crippen LogP contribution is -2.33. The monoisotopic (exact) mass is 472 g/mol. The van der Waals surface area contributed by atoms with E-state index in [1.165, 1.54) is 10.4 Å². The van der Waals surface area contributed by atoms with E-state index >= 15 is 0 Å². The van der Waals surface area contributed by atoms with E-state index in [2.05, 4.69) is 5.32 Å². The summed E-state index contributed by atoms with van der Waals surface area (Å²) in [6.07, 6.45) is -0.869. The summed E-state index contributed by atoms with van der Waals surface area (Å²) in [7, 11) is -3.69. The van der Waals surface area contributed by atoms with Crippen molar-refractivity contribution in [2.45, 2.75) is 45.6 Å². The standard InChI is InChI=1S/C24H32N4O4S/c1-6-27(7-2)23-14-13-21(33(30,31)28(8-3)9-4)16-22(23)26-24(29)18(5)32-20-12-10-11-19(15-20)17-25/h10-16,18H,6-9H2,1-5H3,(H,26,29). The summed E-state index contributed by atoms with van der Waals surface area (Å²) in [4.78, 5) is 15.1. The Hall–Kier alpha value is -3.09. The first-order valence-corrected chi connectivity index (χ1v) is 12.5. The van der Waals surface area contributed by atoms with Crippen LogP contribution in [0.2, 0.25) is 0 Å². The molecule has 1 unspecified atom stereocenters. The lowest BCUT2D eigenvalue weighted by molar-refractivity contribution is -0.122. The Morgan fingerprint density at radius 3 is 2.30 bits per heavy atom. The van der Waals surface area contributed by atoms with E-state index in [0.29, 0.717) is 43.2 Å². The molecule has 0 radical (unpaired) electrons. The number of ether oxygens (including phenoxy) is 1. The Bertz CT molecular complexity index is 1100. The molecule has 2 aromatic carbocycles. The zero-order valence-electron chi connectivity index (χ0n) is 19.8. The van der Waals surface area contributed by atoms with Crippen molar-refractivity contribution in [3.05, 3.63) is 48.0 Å². The van der Waals surface area contributed by atoms with E-state index in [0.717, 1.165) is 5.69 Å². The van der Waals surface area contributed by atoms with Crippen molar-refractivity contribution >= 4 is 27.3 Å². The summed E-state index contributed by atoms with van der Waals surface area (Å²) < 4.78 is 33.2. The summed E-state index contributed by atoms with van der Waals surface area (Å²) in [6.45, 7) is 11.2. The Labute approximate surface area is 196 Å². The predicted molar refractivity (Wildman–Crippen MR) is 130 cm³/mol. The van der Waals surface area contributed by atoms with Gasteiger partial charge in [0.2, 0.25) is 10.0 Å². The molecule has 0 aliphatic rings. The first-order chi connectivity index (χ1) is 15.7. The van der Waals surface area contributed by atoms with Gasteiger partial charge in [-0.3, -0.25) is 4.79 Å². The van der Waals surface area contributed by atoms with Gasteiger partial charge in [0.15, 0.2) is 6.10 Å². The first-order valence-electron chi connectivity index (χ1n) is 11.1. The Morgan fingerprint density at radius 1 is 1.06 bits per heavy atom. The van der Waals surface area contributed by atoms with Crippen molar-refractivity contribution in [1.29, 1.82) is 5.26 Å². The van der Waals surface area contributed by atoms with Crippen LogP contribution in [-0.4, -0.2) is 50.9 Å². The van der Waals surface area contributed by atoms with Crippen molar-refractivity contribution in [1.82, 2.24) is 4.31 Å². The van der Waals surface area contributed by atoms with E-state index in [1.54, 1.807) is 57.2 Å². The number of rotatable bonds is 11. The highest BCUT2D eigenvalue weighted by atomic mass is 32.2. The van der Waals surface area contributed by atoms with E-state index in [-0.39, 0.29) is 4.90 Å². The molecule has 0 saturated carbocycles. The van der Waals surface area contributed by atoms with Gasteiger partial charge >= 0.3 is 0 Å². The number of benzene rings is 2. The average Bonchev–Trinajstić information content (AvgIpc) is 2.81. The van der Waals surface area contributed by atoms with E-state index < -0.39 is 22.0 Å². The second kappa shape index (κ2) is 11.7. The van der Waals surface area contributed by atoms with Gasteiger partial charge in [0.25, 0.3) is 5.91 Å². The van der Waals surface area contributed by atoms with E-state index in [9.17, 15) is 13.2 Å². The zero-order chi connectivity index (χ0) is 24.6. The minimum atomic E-state index is -3.69. The molecule has 0 aromatic heterocycles. The summed E-state index contributed by atoms with van der Waals surface area (Å²) in [6, 6.07) is 13.4. The van der Waals surface area contributed by atoms with Crippen LogP contribution in [0.25, 0.3) is 0 Å². The molecular weight excluding hydrogens is 440 g/mol. The second-order valence-electron chi connectivity index (χ2n) is 7.33. The van der Waals surface area contributed by atoms with Crippen LogP contribution in [0.3, 0.4) is 0 Å². The molecule has 0 spiro atoms. The first kappa shape index (κ1) is 26.2. The topological polar surface area (TPSA) is 103 Å². The largest absolute Gasteiger partial charge is 0.481 e. The minimum Gasteiger partial charge on any atom is -0.481 e. The third kappa shape index (κ3) is 6.24. The number of hydrogen-bond donors (Lipinski definition) is 1. The van der Waals surface area contributed by atoms with Crippen LogP contribution in [0.5, 0.6) is 5.75 Å². The fourth-order valence-corrected chi connectivity index (χ4v) is 4.94. The van der Waals surface area contributed by atoms with Crippen LogP contribution in [0.15, 0.2) is 47.4 Å². The molecule has 2 aromatic rings. The average molecular weight is 473 g/mol. The van der Waals surface area contributed by atoms with Crippen molar-refractivity contribution < 1.29 is 17.9 Å². The van der Waals surface area contributed by atoms with Crippen LogP contribution in [0, 0.1) is 11.3 Å². The molecular formula is C24H32N4O4S. The highest BCUT2D eigenvalue weighted by Gasteiger charge is 2.25. The lowest BCUT2D eigenvalue weighted by atomic mass is 10.2. The number of nitrogens with one attached hydrogen (secondary N) is 1. The van der Waals surface area contributed by atoms with Crippen molar-refractivity contribution in [2.75, 3.05) is 36.4 Å². The Kier molecular flexibility index (Phi) is 9.26. The molecule has 8 nitrogen and oxygen atoms in total. The zero-order valence-corrected chi connectivity index (χ0v) is 20.6. The van der Waals surface area contributed by atoms with Crippen LogP contribution >= 0.6 is 0 Å². The molecule has 0 aliphatic heterocycles. The van der Waals surface area contributed by atoms with Gasteiger partial charge in [-0.15, -0.1) is 0 Å². The highest BCUT2D eigenvalue weighted by Crippen LogP contribution is 2.30. The van der Waals surface area contributed by atoms with Crippen molar-refractivity contribution in [3.63, 3.8) is 0 Å². The number of anilines is 2. The molecule has 1 N–H and O–H groups in total. The maximum atomic E-state index is 13.0. The van der Waals surface area contributed by atoms with Gasteiger partial charge in [0.05, 0.1) is 27.9 Å². The van der Waals surface area contributed by atoms with Gasteiger partial charge in [-0.25, -0.2) is 8.42 Å². The van der Waals surface area contributed by atoms with Crippen molar-refractivity contribution in [2.24, 2.45) is 0 Å².